The predicted octanol–water partition coefficient (Wildman–Crippen LogP) is 11.1. The van der Waals surface area contributed by atoms with E-state index in [0.717, 1.165) is 11.1 Å². The number of fused-ring (bicyclic) bond motifs is 4. The van der Waals surface area contributed by atoms with Crippen molar-refractivity contribution in [1.29, 1.82) is 0 Å². The average Bonchev–Trinajstić information content (AvgIpc) is 2.87. The lowest BCUT2D eigenvalue weighted by molar-refractivity contribution is 0.730. The molecule has 0 heterocycles. The molecular formula is C38H42Si2. The van der Waals surface area contributed by atoms with Crippen LogP contribution in [0.3, 0.4) is 0 Å². The fourth-order valence-corrected chi connectivity index (χ4v) is 6.30. The molecule has 40 heavy (non-hydrogen) atoms. The summed E-state index contributed by atoms with van der Waals surface area (Å²) in [6.45, 7) is 23.6. The van der Waals surface area contributed by atoms with Crippen molar-refractivity contribution in [2.24, 2.45) is 0 Å². The average molecular weight is 555 g/mol. The Kier molecular flexibility index (Phi) is 6.82. The third-order valence-electron chi connectivity index (χ3n) is 9.60. The second-order valence-corrected chi connectivity index (χ2v) is 24.5. The van der Waals surface area contributed by atoms with Gasteiger partial charge in [0.05, 0.1) is 0 Å². The largest absolute Gasteiger partial charge is 0.138 e. The van der Waals surface area contributed by atoms with E-state index in [0.29, 0.717) is 0 Å². The molecule has 0 N–H and O–H groups in total. The van der Waals surface area contributed by atoms with Crippen LogP contribution in [0, 0.1) is 22.9 Å². The lowest BCUT2D eigenvalue weighted by Crippen LogP contribution is -2.35. The molecule has 0 atom stereocenters. The molecule has 0 aliphatic carbocycles. The fourth-order valence-electron chi connectivity index (χ4n) is 4.68. The summed E-state index contributed by atoms with van der Waals surface area (Å²) in [5.74, 6) is 7.61. The third-order valence-corrected chi connectivity index (χ3v) is 18.6. The van der Waals surface area contributed by atoms with Gasteiger partial charge in [-0.25, -0.2) is 0 Å². The van der Waals surface area contributed by atoms with Crippen LogP contribution < -0.4 is 0 Å². The van der Waals surface area contributed by atoms with Crippen LogP contribution >= 0.6 is 0 Å². The van der Waals surface area contributed by atoms with Gasteiger partial charge < -0.3 is 0 Å². The monoisotopic (exact) mass is 554 g/mol. The molecule has 0 radical (unpaired) electrons. The van der Waals surface area contributed by atoms with E-state index in [1.54, 1.807) is 0 Å². The van der Waals surface area contributed by atoms with Crippen LogP contribution in [0.4, 0.5) is 0 Å². The quantitative estimate of drug-likeness (QED) is 0.101. The standard InChI is InChI=1S/C38H42Si2/c1-37(2,3)39(7,8)21-19-31-33-23-27-15-11-13-17-29(27)25-35(33)32(20-22-40(9,10)38(4,5)6)36-26-30-18-14-12-16-28(30)24-34(31)36/h11-18,23-26H,1-10H3. The molecular weight excluding hydrogens is 513 g/mol. The first-order chi connectivity index (χ1) is 18.6. The zero-order chi connectivity index (χ0) is 29.1. The van der Waals surface area contributed by atoms with E-state index < -0.39 is 16.1 Å². The van der Waals surface area contributed by atoms with Gasteiger partial charge in [-0.1, -0.05) is 128 Å². The Morgan fingerprint density at radius 1 is 0.450 bits per heavy atom. The second kappa shape index (κ2) is 9.66. The molecule has 202 valence electrons. The van der Waals surface area contributed by atoms with Crippen molar-refractivity contribution in [3.63, 3.8) is 0 Å². The van der Waals surface area contributed by atoms with Gasteiger partial charge in [0, 0.05) is 11.1 Å². The minimum absolute atomic E-state index is 0.194. The Morgan fingerprint density at radius 3 is 0.925 bits per heavy atom. The van der Waals surface area contributed by atoms with Gasteiger partial charge in [-0.3, -0.25) is 0 Å². The molecule has 5 aromatic rings. The van der Waals surface area contributed by atoms with Crippen molar-refractivity contribution in [2.75, 3.05) is 0 Å². The maximum atomic E-state index is 3.85. The molecule has 0 aliphatic rings. The van der Waals surface area contributed by atoms with Crippen molar-refractivity contribution in [3.8, 4) is 22.9 Å². The Morgan fingerprint density at radius 2 is 0.700 bits per heavy atom. The van der Waals surface area contributed by atoms with Gasteiger partial charge in [-0.05, 0) is 77.4 Å². The van der Waals surface area contributed by atoms with Gasteiger partial charge in [0.1, 0.15) is 16.1 Å². The van der Waals surface area contributed by atoms with E-state index in [-0.39, 0.29) is 10.1 Å². The lowest BCUT2D eigenvalue weighted by atomic mass is 9.89. The highest BCUT2D eigenvalue weighted by Gasteiger charge is 2.34. The molecule has 2 heteroatoms. The Balaban J connectivity index is 2.00. The predicted molar refractivity (Wildman–Crippen MR) is 185 cm³/mol. The molecule has 0 aliphatic heterocycles. The third kappa shape index (κ3) is 5.01. The van der Waals surface area contributed by atoms with Crippen LogP contribution in [0.15, 0.2) is 72.8 Å². The minimum Gasteiger partial charge on any atom is -0.126 e. The first-order valence-electron chi connectivity index (χ1n) is 14.5. The fraction of sp³-hybridized carbons (Fsp3) is 0.316. The highest BCUT2D eigenvalue weighted by Crippen LogP contribution is 2.40. The van der Waals surface area contributed by atoms with Crippen molar-refractivity contribution < 1.29 is 0 Å². The van der Waals surface area contributed by atoms with Gasteiger partial charge in [0.25, 0.3) is 0 Å². The van der Waals surface area contributed by atoms with Crippen LogP contribution in [0.25, 0.3) is 43.1 Å². The second-order valence-electron chi connectivity index (χ2n) is 14.5. The zero-order valence-corrected chi connectivity index (χ0v) is 27.9. The molecule has 0 saturated heterocycles. The smallest absolute Gasteiger partial charge is 0.126 e. The first-order valence-corrected chi connectivity index (χ1v) is 20.5. The lowest BCUT2D eigenvalue weighted by Gasteiger charge is -2.31. The highest BCUT2D eigenvalue weighted by atomic mass is 28.3. The summed E-state index contributed by atoms with van der Waals surface area (Å²) in [6.07, 6.45) is 0. The van der Waals surface area contributed by atoms with E-state index in [2.05, 4.69) is 163 Å². The molecule has 0 bridgehead atoms. The molecule has 0 saturated carbocycles. The molecule has 0 spiro atoms. The number of benzene rings is 5. The first kappa shape index (κ1) is 28.2. The van der Waals surface area contributed by atoms with E-state index in [1.165, 1.54) is 43.1 Å². The zero-order valence-electron chi connectivity index (χ0n) is 25.9. The minimum atomic E-state index is -1.83. The molecule has 0 fully saturated rings. The van der Waals surface area contributed by atoms with Gasteiger partial charge >= 0.3 is 0 Å². The van der Waals surface area contributed by atoms with E-state index >= 15 is 0 Å². The van der Waals surface area contributed by atoms with Gasteiger partial charge in [-0.2, -0.15) is 0 Å². The molecule has 0 nitrogen and oxygen atoms in total. The summed E-state index contributed by atoms with van der Waals surface area (Å²) in [7, 11) is -3.66. The van der Waals surface area contributed by atoms with Gasteiger partial charge in [-0.15, -0.1) is 11.1 Å². The van der Waals surface area contributed by atoms with Crippen LogP contribution in [0.5, 0.6) is 0 Å². The normalized spacial score (nSPS) is 12.8. The molecule has 5 aromatic carbocycles. The summed E-state index contributed by atoms with van der Waals surface area (Å²) < 4.78 is 0. The van der Waals surface area contributed by atoms with Crippen molar-refractivity contribution in [2.45, 2.75) is 77.8 Å². The highest BCUT2D eigenvalue weighted by molar-refractivity contribution is 6.88. The maximum absolute atomic E-state index is 3.85. The van der Waals surface area contributed by atoms with Crippen LogP contribution in [-0.2, 0) is 0 Å². The molecule has 0 unspecified atom stereocenters. The number of hydrogen-bond acceptors (Lipinski definition) is 0. The number of hydrogen-bond donors (Lipinski definition) is 0. The maximum Gasteiger partial charge on any atom is 0.138 e. The van der Waals surface area contributed by atoms with Gasteiger partial charge in [0.15, 0.2) is 0 Å². The summed E-state index contributed by atoms with van der Waals surface area (Å²) in [5.41, 5.74) is 9.99. The van der Waals surface area contributed by atoms with Crippen molar-refractivity contribution in [1.82, 2.24) is 0 Å². The van der Waals surface area contributed by atoms with Crippen molar-refractivity contribution >= 4 is 59.2 Å². The Hall–Kier alpha value is -3.31. The summed E-state index contributed by atoms with van der Waals surface area (Å²) in [6, 6.07) is 26.8. The van der Waals surface area contributed by atoms with Crippen LogP contribution in [-0.4, -0.2) is 16.1 Å². The topological polar surface area (TPSA) is 0 Å². The van der Waals surface area contributed by atoms with E-state index in [1.807, 2.05) is 0 Å². The summed E-state index contributed by atoms with van der Waals surface area (Å²) >= 11 is 0. The Labute approximate surface area is 243 Å². The summed E-state index contributed by atoms with van der Waals surface area (Å²) in [4.78, 5) is 0. The van der Waals surface area contributed by atoms with E-state index in [4.69, 9.17) is 0 Å². The van der Waals surface area contributed by atoms with Gasteiger partial charge in [0.2, 0.25) is 0 Å². The van der Waals surface area contributed by atoms with E-state index in [9.17, 15) is 0 Å². The molecule has 5 rings (SSSR count). The molecule has 0 aromatic heterocycles. The molecule has 0 amide bonds. The van der Waals surface area contributed by atoms with Crippen LogP contribution in [0.2, 0.25) is 36.3 Å². The summed E-state index contributed by atoms with van der Waals surface area (Å²) in [5, 5.41) is 10.2. The Bertz CT molecular complexity index is 1680. The SMILES string of the molecule is CC(C)(C)[Si](C)(C)C#Cc1c2cc3ccccc3cc2c(C#C[Si](C)(C)C(C)(C)C)c2cc3ccccc3cc12. The number of rotatable bonds is 0. The van der Waals surface area contributed by atoms with Crippen molar-refractivity contribution in [3.05, 3.63) is 83.9 Å². The van der Waals surface area contributed by atoms with Crippen LogP contribution in [0.1, 0.15) is 52.7 Å².